The Balaban J connectivity index is 1.50. The van der Waals surface area contributed by atoms with E-state index >= 15 is 0 Å². The fourth-order valence-corrected chi connectivity index (χ4v) is 2.60. The first-order valence-corrected chi connectivity index (χ1v) is 8.22. The number of carbonyl (C=O) groups excluding carboxylic acids is 2. The Labute approximate surface area is 145 Å². The lowest BCUT2D eigenvalue weighted by Gasteiger charge is -2.10. The number of benzene rings is 2. The summed E-state index contributed by atoms with van der Waals surface area (Å²) in [6.07, 6.45) is 2.07. The molecule has 0 bridgehead atoms. The van der Waals surface area contributed by atoms with Crippen molar-refractivity contribution in [1.29, 1.82) is 0 Å². The molecule has 0 unspecified atom stereocenters. The second-order valence-corrected chi connectivity index (χ2v) is 6.20. The molecule has 0 radical (unpaired) electrons. The zero-order valence-electron chi connectivity index (χ0n) is 13.9. The van der Waals surface area contributed by atoms with Gasteiger partial charge in [-0.2, -0.15) is 0 Å². The average molecular weight is 341 g/mol. The third kappa shape index (κ3) is 4.79. The summed E-state index contributed by atoms with van der Waals surface area (Å²) in [5.74, 6) is -0.0672. The van der Waals surface area contributed by atoms with Gasteiger partial charge in [0.1, 0.15) is 5.82 Å². The van der Waals surface area contributed by atoms with Gasteiger partial charge < -0.3 is 16.0 Å². The highest BCUT2D eigenvalue weighted by Gasteiger charge is 2.26. The van der Waals surface area contributed by atoms with Crippen molar-refractivity contribution in [2.24, 2.45) is 0 Å². The molecular weight excluding hydrogens is 321 g/mol. The van der Waals surface area contributed by atoms with Gasteiger partial charge in [-0.25, -0.2) is 9.18 Å². The minimum atomic E-state index is -0.399. The van der Waals surface area contributed by atoms with Crippen molar-refractivity contribution in [2.45, 2.75) is 32.2 Å². The quantitative estimate of drug-likeness (QED) is 0.770. The van der Waals surface area contributed by atoms with Crippen molar-refractivity contribution in [1.82, 2.24) is 5.32 Å². The summed E-state index contributed by atoms with van der Waals surface area (Å²) >= 11 is 0. The number of halogens is 1. The monoisotopic (exact) mass is 341 g/mol. The van der Waals surface area contributed by atoms with Gasteiger partial charge in [0.25, 0.3) is 0 Å². The Morgan fingerprint density at radius 1 is 1.04 bits per heavy atom. The second-order valence-electron chi connectivity index (χ2n) is 6.20. The zero-order chi connectivity index (χ0) is 17.8. The summed E-state index contributed by atoms with van der Waals surface area (Å²) in [6, 6.07) is 11.6. The van der Waals surface area contributed by atoms with Crippen LogP contribution in [0.4, 0.5) is 20.6 Å². The van der Waals surface area contributed by atoms with Crippen LogP contribution in [0.2, 0.25) is 0 Å². The molecule has 130 valence electrons. The van der Waals surface area contributed by atoms with Crippen LogP contribution in [0.5, 0.6) is 0 Å². The average Bonchev–Trinajstić information content (AvgIpc) is 3.39. The molecular formula is C19H20FN3O2. The molecule has 0 atom stereocenters. The first kappa shape index (κ1) is 17.0. The number of rotatable bonds is 5. The Morgan fingerprint density at radius 2 is 1.72 bits per heavy atom. The maximum Gasteiger partial charge on any atom is 0.319 e. The van der Waals surface area contributed by atoms with E-state index in [0.717, 1.165) is 24.0 Å². The fraction of sp³-hybridized carbons (Fsp3) is 0.263. The molecule has 0 saturated heterocycles. The van der Waals surface area contributed by atoms with Gasteiger partial charge in [-0.3, -0.25) is 4.79 Å². The standard InChI is InChI=1S/C19H20FN3O2/c1-12(24)22-15-6-2-13(3-7-15)11-21-19(25)23-16-8-9-17(14-4-5-14)18(20)10-16/h2-3,6-10,14H,4-5,11H2,1H3,(H,22,24)(H2,21,23,25). The van der Waals surface area contributed by atoms with Crippen LogP contribution in [0, 0.1) is 5.82 Å². The maximum atomic E-state index is 14.0. The van der Waals surface area contributed by atoms with E-state index in [1.54, 1.807) is 24.3 Å². The molecule has 0 aliphatic heterocycles. The molecule has 3 amide bonds. The molecule has 3 N–H and O–H groups in total. The lowest BCUT2D eigenvalue weighted by atomic mass is 10.1. The SMILES string of the molecule is CC(=O)Nc1ccc(CNC(=O)Nc2ccc(C3CC3)c(F)c2)cc1. The minimum Gasteiger partial charge on any atom is -0.334 e. The number of hydrogen-bond acceptors (Lipinski definition) is 2. The van der Waals surface area contributed by atoms with Gasteiger partial charge in [0.05, 0.1) is 0 Å². The smallest absolute Gasteiger partial charge is 0.319 e. The fourth-order valence-electron chi connectivity index (χ4n) is 2.60. The number of nitrogens with one attached hydrogen (secondary N) is 3. The molecule has 0 aromatic heterocycles. The summed E-state index contributed by atoms with van der Waals surface area (Å²) in [4.78, 5) is 22.9. The summed E-state index contributed by atoms with van der Waals surface area (Å²) in [5, 5.41) is 8.02. The van der Waals surface area contributed by atoms with Gasteiger partial charge in [-0.1, -0.05) is 18.2 Å². The highest BCUT2D eigenvalue weighted by atomic mass is 19.1. The Bertz CT molecular complexity index is 786. The van der Waals surface area contributed by atoms with Gasteiger partial charge in [-0.15, -0.1) is 0 Å². The first-order valence-electron chi connectivity index (χ1n) is 8.22. The van der Waals surface area contributed by atoms with Crippen molar-refractivity contribution < 1.29 is 14.0 Å². The number of hydrogen-bond donors (Lipinski definition) is 3. The molecule has 1 saturated carbocycles. The summed E-state index contributed by atoms with van der Waals surface area (Å²) in [6.45, 7) is 1.77. The van der Waals surface area contributed by atoms with Crippen molar-refractivity contribution in [3.05, 3.63) is 59.4 Å². The van der Waals surface area contributed by atoms with Crippen LogP contribution in [0.3, 0.4) is 0 Å². The Morgan fingerprint density at radius 3 is 2.32 bits per heavy atom. The van der Waals surface area contributed by atoms with Crippen LogP contribution in [-0.2, 0) is 11.3 Å². The highest BCUT2D eigenvalue weighted by Crippen LogP contribution is 2.41. The van der Waals surface area contributed by atoms with Gasteiger partial charge in [0, 0.05) is 24.8 Å². The van der Waals surface area contributed by atoms with Crippen molar-refractivity contribution in [2.75, 3.05) is 10.6 Å². The largest absolute Gasteiger partial charge is 0.334 e. The predicted molar refractivity (Wildman–Crippen MR) is 95.0 cm³/mol. The molecule has 2 aromatic carbocycles. The zero-order valence-corrected chi connectivity index (χ0v) is 13.9. The van der Waals surface area contributed by atoms with Crippen LogP contribution in [0.25, 0.3) is 0 Å². The van der Waals surface area contributed by atoms with E-state index in [-0.39, 0.29) is 11.7 Å². The summed E-state index contributed by atoms with van der Waals surface area (Å²) in [7, 11) is 0. The van der Waals surface area contributed by atoms with Crippen LogP contribution in [-0.4, -0.2) is 11.9 Å². The number of amides is 3. The van der Waals surface area contributed by atoms with E-state index in [1.807, 2.05) is 12.1 Å². The third-order valence-corrected chi connectivity index (χ3v) is 4.00. The van der Waals surface area contributed by atoms with Gasteiger partial charge in [0.15, 0.2) is 0 Å². The van der Waals surface area contributed by atoms with Crippen LogP contribution < -0.4 is 16.0 Å². The molecule has 3 rings (SSSR count). The molecule has 1 fully saturated rings. The highest BCUT2D eigenvalue weighted by molar-refractivity contribution is 5.89. The molecule has 0 heterocycles. The van der Waals surface area contributed by atoms with Crippen molar-refractivity contribution >= 4 is 23.3 Å². The van der Waals surface area contributed by atoms with Crippen molar-refractivity contribution in [3.8, 4) is 0 Å². The van der Waals surface area contributed by atoms with E-state index in [1.165, 1.54) is 13.0 Å². The van der Waals surface area contributed by atoms with E-state index < -0.39 is 6.03 Å². The lowest BCUT2D eigenvalue weighted by Crippen LogP contribution is -2.28. The number of carbonyl (C=O) groups is 2. The molecule has 1 aliphatic carbocycles. The molecule has 0 spiro atoms. The molecule has 25 heavy (non-hydrogen) atoms. The topological polar surface area (TPSA) is 70.2 Å². The van der Waals surface area contributed by atoms with E-state index in [0.29, 0.717) is 23.8 Å². The van der Waals surface area contributed by atoms with Crippen molar-refractivity contribution in [3.63, 3.8) is 0 Å². The Kier molecular flexibility index (Phi) is 4.97. The van der Waals surface area contributed by atoms with Crippen LogP contribution >= 0.6 is 0 Å². The van der Waals surface area contributed by atoms with Crippen LogP contribution in [0.15, 0.2) is 42.5 Å². The first-order chi connectivity index (χ1) is 12.0. The normalized spacial score (nSPS) is 13.2. The van der Waals surface area contributed by atoms with E-state index in [4.69, 9.17) is 0 Å². The molecule has 2 aromatic rings. The predicted octanol–water partition coefficient (Wildman–Crippen LogP) is 3.98. The molecule has 6 heteroatoms. The molecule has 1 aliphatic rings. The molecule has 5 nitrogen and oxygen atoms in total. The Hall–Kier alpha value is -2.89. The van der Waals surface area contributed by atoms with E-state index in [9.17, 15) is 14.0 Å². The second kappa shape index (κ2) is 7.34. The van der Waals surface area contributed by atoms with Crippen LogP contribution in [0.1, 0.15) is 36.8 Å². The minimum absolute atomic E-state index is 0.134. The van der Waals surface area contributed by atoms with Gasteiger partial charge >= 0.3 is 6.03 Å². The van der Waals surface area contributed by atoms with E-state index in [2.05, 4.69) is 16.0 Å². The lowest BCUT2D eigenvalue weighted by molar-refractivity contribution is -0.114. The van der Waals surface area contributed by atoms with Gasteiger partial charge in [0.2, 0.25) is 5.91 Å². The van der Waals surface area contributed by atoms with Gasteiger partial charge in [-0.05, 0) is 54.2 Å². The summed E-state index contributed by atoms with van der Waals surface area (Å²) in [5.41, 5.74) is 2.75. The summed E-state index contributed by atoms with van der Waals surface area (Å²) < 4.78 is 14.0. The number of anilines is 2. The number of urea groups is 1. The maximum absolute atomic E-state index is 14.0. The third-order valence-electron chi connectivity index (χ3n) is 4.00.